The number of hydrogen-bond acceptors (Lipinski definition) is 15. The molecule has 0 spiro atoms. The molecule has 1 saturated carbocycles. The summed E-state index contributed by atoms with van der Waals surface area (Å²) < 4.78 is 78.6. The number of rotatable bonds is 18. The maximum absolute atomic E-state index is 15.4. The first kappa shape index (κ1) is 54.3. The number of ether oxygens (including phenoxy) is 6. The summed E-state index contributed by atoms with van der Waals surface area (Å²) in [6, 6.07) is 11.8. The minimum atomic E-state index is -0.666. The largest absolute Gasteiger partial charge is 0.447 e. The van der Waals surface area contributed by atoms with Crippen molar-refractivity contribution in [3.05, 3.63) is 72.0 Å². The summed E-state index contributed by atoms with van der Waals surface area (Å²) in [5.41, 5.74) is 2.07. The lowest BCUT2D eigenvalue weighted by molar-refractivity contribution is -0.123. The van der Waals surface area contributed by atoms with E-state index in [1.54, 1.807) is 36.4 Å². The van der Waals surface area contributed by atoms with E-state index >= 15 is 13.2 Å². The summed E-state index contributed by atoms with van der Waals surface area (Å²) in [5, 5.41) is 8.81. The molecule has 24 heteroatoms. The molecule has 0 bridgehead atoms. The molecule has 0 radical (unpaired) electrons. The molecule has 6 heterocycles. The molecule has 3 aromatic carbocycles. The number of nitrogens with zero attached hydrogens (tertiary/aromatic N) is 6. The van der Waals surface area contributed by atoms with Crippen LogP contribution in [0.1, 0.15) is 38.5 Å². The Morgan fingerprint density at radius 1 is 0.436 bits per heavy atom. The molecule has 3 atom stereocenters. The molecule has 0 aromatic heterocycles. The van der Waals surface area contributed by atoms with Gasteiger partial charge in [0.2, 0.25) is 17.7 Å². The molecule has 7 fully saturated rings. The van der Waals surface area contributed by atoms with Crippen LogP contribution in [0.25, 0.3) is 0 Å². The van der Waals surface area contributed by atoms with Crippen LogP contribution in [-0.2, 0) is 42.8 Å². The minimum absolute atomic E-state index is 0.0198. The number of morpholine rings is 3. The van der Waals surface area contributed by atoms with Gasteiger partial charge in [-0.15, -0.1) is 0 Å². The molecule has 21 nitrogen and oxygen atoms in total. The van der Waals surface area contributed by atoms with Gasteiger partial charge in [0.05, 0.1) is 91.9 Å². The molecule has 3 unspecified atom stereocenters. The van der Waals surface area contributed by atoms with Crippen molar-refractivity contribution in [1.29, 1.82) is 0 Å². The van der Waals surface area contributed by atoms with Gasteiger partial charge in [-0.1, -0.05) is 0 Å². The molecule has 78 heavy (non-hydrogen) atoms. The molecule has 10 rings (SSSR count). The Bertz CT molecular complexity index is 2400. The van der Waals surface area contributed by atoms with E-state index in [0.717, 1.165) is 0 Å². The zero-order valence-electron chi connectivity index (χ0n) is 43.3. The summed E-state index contributed by atoms with van der Waals surface area (Å²) in [6.07, 6.45) is -0.404. The number of halogens is 3. The van der Waals surface area contributed by atoms with Crippen LogP contribution in [0.5, 0.6) is 0 Å². The van der Waals surface area contributed by atoms with Crippen molar-refractivity contribution in [3.8, 4) is 0 Å². The van der Waals surface area contributed by atoms with Crippen molar-refractivity contribution < 1.29 is 70.4 Å². The number of benzene rings is 3. The Kier molecular flexibility index (Phi) is 17.2. The zero-order valence-corrected chi connectivity index (χ0v) is 43.3. The molecule has 6 amide bonds. The predicted molar refractivity (Wildman–Crippen MR) is 278 cm³/mol. The Balaban J connectivity index is 0.770. The fraction of sp³-hybridized carbons (Fsp3) is 0.556. The van der Waals surface area contributed by atoms with Crippen LogP contribution < -0.4 is 45.3 Å². The third-order valence-corrected chi connectivity index (χ3v) is 15.6. The van der Waals surface area contributed by atoms with Crippen LogP contribution in [0.2, 0.25) is 0 Å². The van der Waals surface area contributed by atoms with E-state index in [1.165, 1.54) is 32.9 Å². The highest BCUT2D eigenvalue weighted by atomic mass is 19.1. The molecule has 6 saturated heterocycles. The lowest BCUT2D eigenvalue weighted by atomic mass is 9.71. The molecule has 1 aliphatic carbocycles. The first-order valence-electron chi connectivity index (χ1n) is 26.9. The molecular formula is C54H66F3N9O12. The first-order chi connectivity index (χ1) is 37.8. The third kappa shape index (κ3) is 12.8. The van der Waals surface area contributed by atoms with Crippen LogP contribution in [0, 0.1) is 35.2 Å². The summed E-state index contributed by atoms with van der Waals surface area (Å²) in [5.74, 6) is -3.23. The van der Waals surface area contributed by atoms with Gasteiger partial charge in [0, 0.05) is 78.2 Å². The molecule has 420 valence electrons. The zero-order chi connectivity index (χ0) is 54.3. The number of anilines is 6. The Morgan fingerprint density at radius 3 is 0.962 bits per heavy atom. The van der Waals surface area contributed by atoms with Crippen molar-refractivity contribution in [3.63, 3.8) is 0 Å². The van der Waals surface area contributed by atoms with Crippen LogP contribution in [-0.4, -0.2) is 172 Å². The number of carbonyl (C=O) groups is 6. The Hall–Kier alpha value is -7.05. The molecular weight excluding hydrogens is 1020 g/mol. The van der Waals surface area contributed by atoms with Crippen molar-refractivity contribution in [2.24, 2.45) is 17.8 Å². The van der Waals surface area contributed by atoms with Crippen molar-refractivity contribution in [2.45, 2.75) is 56.7 Å². The maximum Gasteiger partial charge on any atom is 0.414 e. The highest BCUT2D eigenvalue weighted by Crippen LogP contribution is 2.39. The lowest BCUT2D eigenvalue weighted by Gasteiger charge is -2.35. The monoisotopic (exact) mass is 1090 g/mol. The van der Waals surface area contributed by atoms with Gasteiger partial charge >= 0.3 is 18.3 Å². The second-order valence-electron chi connectivity index (χ2n) is 20.8. The van der Waals surface area contributed by atoms with Crippen LogP contribution in [0.15, 0.2) is 54.6 Å². The summed E-state index contributed by atoms with van der Waals surface area (Å²) in [7, 11) is 0. The number of nitrogens with one attached hydrogen (secondary N) is 3. The standard InChI is InChI=1S/C54H66F3N9O12/c55-43-25-37(1-4-46(43)61-7-13-73-14-8-61)64-40(31-76-52(64)70)28-58-49(67)22-34-19-35(23-50(68)59-29-41-32-77-53(71)65(41)38-2-5-47(44(56)26-38)62-9-15-74-16-10-62)21-36(20-34)24-51(69)60-30-42-33-78-54(72)66(42)39-3-6-48(45(57)27-39)63-11-17-75-18-12-63/h1-6,25-27,34-36,40-42H,7-24,28-33H2,(H,58,67)(H,59,68)(H,60,69). The van der Waals surface area contributed by atoms with E-state index in [2.05, 4.69) is 16.0 Å². The second kappa shape index (κ2) is 24.7. The Morgan fingerprint density at radius 2 is 0.705 bits per heavy atom. The predicted octanol–water partition coefficient (Wildman–Crippen LogP) is 4.54. The van der Waals surface area contributed by atoms with E-state index in [9.17, 15) is 28.8 Å². The van der Waals surface area contributed by atoms with Crippen LogP contribution in [0.4, 0.5) is 61.7 Å². The Labute approximate surface area is 449 Å². The second-order valence-corrected chi connectivity index (χ2v) is 20.8. The van der Waals surface area contributed by atoms with E-state index in [1.807, 2.05) is 14.7 Å². The fourth-order valence-corrected chi connectivity index (χ4v) is 11.8. The fourth-order valence-electron chi connectivity index (χ4n) is 11.8. The average Bonchev–Trinajstić information content (AvgIpc) is 4.17. The third-order valence-electron chi connectivity index (χ3n) is 15.6. The summed E-state index contributed by atoms with van der Waals surface area (Å²) in [4.78, 5) is 89.8. The van der Waals surface area contributed by atoms with Gasteiger partial charge in [0.1, 0.15) is 37.3 Å². The summed E-state index contributed by atoms with van der Waals surface area (Å²) in [6.45, 7) is 6.01. The SMILES string of the molecule is O=C(CC1CC(CC(=O)NCC2COC(=O)N2c2ccc(N3CCOCC3)c(F)c2)CC(CC(=O)NCC2COC(=O)N2c2ccc(N3CCOCC3)c(F)c2)C1)NCC1COC(=O)N1c1ccc(N2CCOCC2)c(F)c1. The summed E-state index contributed by atoms with van der Waals surface area (Å²) >= 11 is 0. The number of carbonyl (C=O) groups excluding carboxylic acids is 6. The van der Waals surface area contributed by atoms with Crippen LogP contribution >= 0.6 is 0 Å². The highest BCUT2D eigenvalue weighted by Gasteiger charge is 2.40. The molecule has 7 aliphatic rings. The maximum atomic E-state index is 15.4. The lowest BCUT2D eigenvalue weighted by Crippen LogP contribution is -2.44. The first-order valence-corrected chi connectivity index (χ1v) is 26.9. The quantitative estimate of drug-likeness (QED) is 0.149. The van der Waals surface area contributed by atoms with Gasteiger partial charge < -0.3 is 59.1 Å². The normalized spacial score (nSPS) is 24.7. The van der Waals surface area contributed by atoms with Crippen molar-refractivity contribution in [2.75, 3.05) is 148 Å². The minimum Gasteiger partial charge on any atom is -0.447 e. The van der Waals surface area contributed by atoms with E-state index < -0.39 is 53.9 Å². The number of cyclic esters (lactones) is 3. The van der Waals surface area contributed by atoms with Gasteiger partial charge in [0.25, 0.3) is 0 Å². The van der Waals surface area contributed by atoms with Gasteiger partial charge in [-0.05, 0) is 91.6 Å². The van der Waals surface area contributed by atoms with Gasteiger partial charge in [-0.3, -0.25) is 29.1 Å². The van der Waals surface area contributed by atoms with Gasteiger partial charge in [0.15, 0.2) is 0 Å². The van der Waals surface area contributed by atoms with E-state index in [0.29, 0.717) is 132 Å². The number of amides is 6. The van der Waals surface area contributed by atoms with E-state index in [4.69, 9.17) is 28.4 Å². The van der Waals surface area contributed by atoms with Crippen LogP contribution in [0.3, 0.4) is 0 Å². The molecule has 3 aromatic rings. The van der Waals surface area contributed by atoms with Crippen molar-refractivity contribution >= 4 is 70.1 Å². The molecule has 3 N–H and O–H groups in total. The number of hydrogen-bond donors (Lipinski definition) is 3. The average molecular weight is 1090 g/mol. The van der Waals surface area contributed by atoms with Crippen molar-refractivity contribution in [1.82, 2.24) is 16.0 Å². The molecule has 6 aliphatic heterocycles. The smallest absolute Gasteiger partial charge is 0.414 e. The van der Waals surface area contributed by atoms with Gasteiger partial charge in [-0.25, -0.2) is 27.6 Å². The highest BCUT2D eigenvalue weighted by molar-refractivity contribution is 5.92. The topological polar surface area (TPSA) is 213 Å². The van der Waals surface area contributed by atoms with Gasteiger partial charge in [-0.2, -0.15) is 0 Å². The van der Waals surface area contributed by atoms with E-state index in [-0.39, 0.29) is 94.2 Å².